The van der Waals surface area contributed by atoms with Crippen LogP contribution in [0.4, 0.5) is 5.69 Å². The van der Waals surface area contributed by atoms with Gasteiger partial charge in [-0.25, -0.2) is 0 Å². The molecule has 134 valence electrons. The first-order valence-electron chi connectivity index (χ1n) is 8.55. The number of benzene rings is 2. The normalized spacial score (nSPS) is 16.6. The molecular formula is C21H17N3O3. The van der Waals surface area contributed by atoms with Crippen molar-refractivity contribution in [2.45, 2.75) is 6.42 Å². The van der Waals surface area contributed by atoms with Crippen molar-refractivity contribution in [3.8, 4) is 0 Å². The van der Waals surface area contributed by atoms with Crippen LogP contribution < -0.4 is 21.0 Å². The topological polar surface area (TPSA) is 86.0 Å². The fourth-order valence-electron chi connectivity index (χ4n) is 3.28. The van der Waals surface area contributed by atoms with E-state index in [1.807, 2.05) is 30.3 Å². The van der Waals surface area contributed by atoms with Crippen LogP contribution in [-0.4, -0.2) is 28.9 Å². The molecule has 1 aromatic heterocycles. The number of aromatic amines is 2. The fourth-order valence-corrected chi connectivity index (χ4v) is 3.28. The second-order valence-corrected chi connectivity index (χ2v) is 6.35. The van der Waals surface area contributed by atoms with Gasteiger partial charge in [0.25, 0.3) is 11.5 Å². The Kier molecular flexibility index (Phi) is 4.08. The average Bonchev–Trinajstić information content (AvgIpc) is 3.06. The highest BCUT2D eigenvalue weighted by atomic mass is 16.2. The molecule has 27 heavy (non-hydrogen) atoms. The highest BCUT2D eigenvalue weighted by Gasteiger charge is 2.33. The van der Waals surface area contributed by atoms with Gasteiger partial charge >= 0.3 is 0 Å². The van der Waals surface area contributed by atoms with Crippen LogP contribution in [0.3, 0.4) is 0 Å². The number of ketones is 1. The molecule has 2 N–H and O–H groups in total. The monoisotopic (exact) mass is 359 g/mol. The molecule has 2 heterocycles. The molecule has 1 aliphatic heterocycles. The van der Waals surface area contributed by atoms with Gasteiger partial charge in [-0.05, 0) is 24.1 Å². The van der Waals surface area contributed by atoms with Crippen LogP contribution in [0, 0.1) is 0 Å². The second-order valence-electron chi connectivity index (χ2n) is 6.35. The lowest BCUT2D eigenvalue weighted by molar-refractivity contribution is -0.113. The van der Waals surface area contributed by atoms with Gasteiger partial charge in [0.05, 0.1) is 16.3 Å². The highest BCUT2D eigenvalue weighted by Crippen LogP contribution is 2.28. The summed E-state index contributed by atoms with van der Waals surface area (Å²) in [5, 5.41) is 5.74. The van der Waals surface area contributed by atoms with Crippen molar-refractivity contribution < 1.29 is 9.59 Å². The summed E-state index contributed by atoms with van der Waals surface area (Å²) in [5.41, 5.74) is 1.62. The maximum atomic E-state index is 13.0. The fraction of sp³-hybridized carbons (Fsp3) is 0.0952. The molecule has 6 heteroatoms. The minimum atomic E-state index is -0.441. The number of anilines is 1. The van der Waals surface area contributed by atoms with Crippen molar-refractivity contribution in [1.82, 2.24) is 10.2 Å². The van der Waals surface area contributed by atoms with E-state index in [1.165, 1.54) is 4.90 Å². The van der Waals surface area contributed by atoms with Crippen LogP contribution in [0.15, 0.2) is 59.4 Å². The molecule has 0 aliphatic carbocycles. The minimum Gasteiger partial charge on any atom is -0.310 e. The molecular weight excluding hydrogens is 342 g/mol. The summed E-state index contributed by atoms with van der Waals surface area (Å²) in [6.45, 7) is 0. The van der Waals surface area contributed by atoms with Gasteiger partial charge < -0.3 is 4.90 Å². The van der Waals surface area contributed by atoms with Crippen molar-refractivity contribution >= 4 is 29.0 Å². The molecule has 4 rings (SSSR count). The third-order valence-corrected chi connectivity index (χ3v) is 4.71. The second kappa shape index (κ2) is 6.57. The summed E-state index contributed by atoms with van der Waals surface area (Å²) in [6, 6.07) is 16.6. The number of rotatable bonds is 2. The van der Waals surface area contributed by atoms with Crippen LogP contribution >= 0.6 is 0 Å². The molecule has 0 spiro atoms. The average molecular weight is 359 g/mol. The van der Waals surface area contributed by atoms with Gasteiger partial charge in [0.1, 0.15) is 5.57 Å². The van der Waals surface area contributed by atoms with Gasteiger partial charge in [0.15, 0.2) is 0 Å². The Bertz CT molecular complexity index is 1220. The van der Waals surface area contributed by atoms with Crippen LogP contribution in [0.1, 0.15) is 15.9 Å². The van der Waals surface area contributed by atoms with E-state index in [4.69, 9.17) is 0 Å². The zero-order valence-electron chi connectivity index (χ0n) is 14.7. The Morgan fingerprint density at radius 2 is 1.63 bits per heavy atom. The highest BCUT2D eigenvalue weighted by molar-refractivity contribution is 6.51. The van der Waals surface area contributed by atoms with Crippen LogP contribution in [0.5, 0.6) is 0 Å². The third-order valence-electron chi connectivity index (χ3n) is 4.71. The smallest absolute Gasteiger partial charge is 0.271 e. The number of amides is 1. The van der Waals surface area contributed by atoms with Gasteiger partial charge in [-0.1, -0.05) is 48.5 Å². The van der Waals surface area contributed by atoms with Gasteiger partial charge in [-0.15, -0.1) is 0 Å². The maximum Gasteiger partial charge on any atom is 0.271 e. The zero-order valence-corrected chi connectivity index (χ0v) is 14.7. The van der Waals surface area contributed by atoms with E-state index < -0.39 is 11.7 Å². The lowest BCUT2D eigenvalue weighted by atomic mass is 9.95. The number of Topliss-reactive ketones (excluding diaryl/α,β-unsaturated/α-hetero) is 1. The number of H-pyrrole nitrogens is 2. The molecule has 0 saturated carbocycles. The molecule has 0 saturated heterocycles. The SMILES string of the molecule is CN1C(=O)C(=c2[nH][nH]c(=O)/c2=C\Cc2ccccc2)C(=O)c2ccccc21. The van der Waals surface area contributed by atoms with E-state index in [2.05, 4.69) is 10.2 Å². The number of nitrogens with one attached hydrogen (secondary N) is 2. The number of fused-ring (bicyclic) bond motifs is 1. The van der Waals surface area contributed by atoms with E-state index >= 15 is 0 Å². The van der Waals surface area contributed by atoms with Gasteiger partial charge in [-0.3, -0.25) is 24.6 Å². The molecule has 6 nitrogen and oxygen atoms in total. The predicted molar refractivity (Wildman–Crippen MR) is 103 cm³/mol. The Morgan fingerprint density at radius 3 is 2.41 bits per heavy atom. The van der Waals surface area contributed by atoms with E-state index in [-0.39, 0.29) is 16.5 Å². The lowest BCUT2D eigenvalue weighted by Crippen LogP contribution is -2.44. The van der Waals surface area contributed by atoms with Gasteiger partial charge in [0.2, 0.25) is 5.78 Å². The summed E-state index contributed by atoms with van der Waals surface area (Å²) in [7, 11) is 1.62. The number of carbonyl (C=O) groups excluding carboxylic acids is 2. The summed E-state index contributed by atoms with van der Waals surface area (Å²) >= 11 is 0. The standard InChI is InChI=1S/C21H17N3O3/c1-24-16-10-6-5-9-14(16)19(25)17(21(24)27)18-15(20(26)23-22-18)12-11-13-7-3-2-4-8-13/h2-10,12,22H,11H2,1H3,(H,23,26)/b15-12-,18-17?. The number of hydrogen-bond donors (Lipinski definition) is 2. The van der Waals surface area contributed by atoms with Crippen molar-refractivity contribution in [3.05, 3.63) is 86.6 Å². The number of para-hydroxylation sites is 1. The minimum absolute atomic E-state index is 0.0335. The van der Waals surface area contributed by atoms with E-state index in [1.54, 1.807) is 37.4 Å². The Hall–Kier alpha value is -3.67. The number of carbonyl (C=O) groups is 2. The van der Waals surface area contributed by atoms with E-state index in [0.717, 1.165) is 5.56 Å². The molecule has 0 radical (unpaired) electrons. The van der Waals surface area contributed by atoms with Crippen LogP contribution in [-0.2, 0) is 11.2 Å². The first-order valence-corrected chi connectivity index (χ1v) is 8.55. The third kappa shape index (κ3) is 2.81. The zero-order chi connectivity index (χ0) is 19.0. The van der Waals surface area contributed by atoms with Crippen LogP contribution in [0.25, 0.3) is 11.6 Å². The van der Waals surface area contributed by atoms with Gasteiger partial charge in [0, 0.05) is 12.6 Å². The van der Waals surface area contributed by atoms with Gasteiger partial charge in [-0.2, -0.15) is 0 Å². The van der Waals surface area contributed by atoms with Crippen molar-refractivity contribution in [2.75, 3.05) is 11.9 Å². The summed E-state index contributed by atoms with van der Waals surface area (Å²) in [6.07, 6.45) is 2.24. The molecule has 0 atom stereocenters. The molecule has 0 unspecified atom stereocenters. The Balaban J connectivity index is 1.93. The van der Waals surface area contributed by atoms with Crippen molar-refractivity contribution in [2.24, 2.45) is 0 Å². The Labute approximate surface area is 154 Å². The molecule has 1 amide bonds. The Morgan fingerprint density at radius 1 is 0.926 bits per heavy atom. The van der Waals surface area contributed by atoms with Crippen LogP contribution in [0.2, 0.25) is 0 Å². The lowest BCUT2D eigenvalue weighted by Gasteiger charge is -2.25. The summed E-state index contributed by atoms with van der Waals surface area (Å²) in [5.74, 6) is -0.832. The molecule has 0 fully saturated rings. The first-order chi connectivity index (χ1) is 13.1. The number of aromatic nitrogens is 2. The molecule has 1 aliphatic rings. The number of nitrogens with zero attached hydrogens (tertiary/aromatic N) is 1. The first kappa shape index (κ1) is 16.8. The van der Waals surface area contributed by atoms with E-state index in [9.17, 15) is 14.4 Å². The number of hydrogen-bond acceptors (Lipinski definition) is 3. The quantitative estimate of drug-likeness (QED) is 0.708. The largest absolute Gasteiger partial charge is 0.310 e. The predicted octanol–water partition coefficient (Wildman–Crippen LogP) is 0.736. The van der Waals surface area contributed by atoms with Crippen molar-refractivity contribution in [1.29, 1.82) is 0 Å². The molecule has 2 aromatic carbocycles. The maximum absolute atomic E-state index is 13.0. The summed E-state index contributed by atoms with van der Waals surface area (Å²) < 4.78 is 0. The molecule has 3 aromatic rings. The molecule has 0 bridgehead atoms. The van der Waals surface area contributed by atoms with Crippen molar-refractivity contribution in [3.63, 3.8) is 0 Å². The van der Waals surface area contributed by atoms with E-state index in [0.29, 0.717) is 22.9 Å². The summed E-state index contributed by atoms with van der Waals surface area (Å²) in [4.78, 5) is 39.5.